The molecule has 1 aliphatic heterocycles. The summed E-state index contributed by atoms with van der Waals surface area (Å²) in [6.07, 6.45) is 4.55. The first kappa shape index (κ1) is 14.0. The van der Waals surface area contributed by atoms with Gasteiger partial charge in [0.15, 0.2) is 0 Å². The molecule has 0 unspecified atom stereocenters. The third-order valence-electron chi connectivity index (χ3n) is 4.49. The van der Waals surface area contributed by atoms with Crippen LogP contribution in [0.2, 0.25) is 0 Å². The van der Waals surface area contributed by atoms with Gasteiger partial charge in [-0.15, -0.1) is 0 Å². The summed E-state index contributed by atoms with van der Waals surface area (Å²) in [4.78, 5) is 24.6. The minimum absolute atomic E-state index is 0.0427. The van der Waals surface area contributed by atoms with Gasteiger partial charge in [0, 0.05) is 12.8 Å². The van der Waals surface area contributed by atoms with Crippen LogP contribution < -0.4 is 0 Å². The summed E-state index contributed by atoms with van der Waals surface area (Å²) in [5.41, 5.74) is 0.758. The number of rotatable bonds is 1. The molecule has 1 aliphatic carbocycles. The predicted molar refractivity (Wildman–Crippen MR) is 85.3 cm³/mol. The van der Waals surface area contributed by atoms with Crippen LogP contribution in [0.3, 0.4) is 0 Å². The lowest BCUT2D eigenvalue weighted by molar-refractivity contribution is -0.232. The number of hydrogen-bond donors (Lipinski definition) is 0. The normalized spacial score (nSPS) is 19.7. The molecule has 0 atom stereocenters. The van der Waals surface area contributed by atoms with Gasteiger partial charge in [-0.2, -0.15) is 0 Å². The standard InChI is InChI=1S/C19H16O4/c20-17-16(18(21)23-19(22-17)10-3-4-11-19)12-14-8-5-7-13-6-1-2-9-15(13)14/h1-2,5-9,12H,3-4,10-11H2. The summed E-state index contributed by atoms with van der Waals surface area (Å²) in [5.74, 6) is -2.20. The Labute approximate surface area is 133 Å². The lowest BCUT2D eigenvalue weighted by Gasteiger charge is -2.32. The molecule has 0 aromatic heterocycles. The highest BCUT2D eigenvalue weighted by Gasteiger charge is 2.47. The monoisotopic (exact) mass is 308 g/mol. The number of hydrogen-bond acceptors (Lipinski definition) is 4. The molecule has 4 heteroatoms. The van der Waals surface area contributed by atoms with E-state index in [1.165, 1.54) is 0 Å². The molecule has 1 heterocycles. The van der Waals surface area contributed by atoms with Gasteiger partial charge in [-0.25, -0.2) is 9.59 Å². The van der Waals surface area contributed by atoms with Gasteiger partial charge in [0.1, 0.15) is 5.57 Å². The maximum Gasteiger partial charge on any atom is 0.348 e. The van der Waals surface area contributed by atoms with Crippen LogP contribution in [0, 0.1) is 0 Å². The van der Waals surface area contributed by atoms with Gasteiger partial charge in [0.2, 0.25) is 0 Å². The number of fused-ring (bicyclic) bond motifs is 1. The fraction of sp³-hybridized carbons (Fsp3) is 0.263. The quantitative estimate of drug-likeness (QED) is 0.459. The molecular weight excluding hydrogens is 292 g/mol. The van der Waals surface area contributed by atoms with E-state index < -0.39 is 17.7 Å². The molecule has 1 spiro atoms. The SMILES string of the molecule is O=C1OC2(CCCC2)OC(=O)C1=Cc1cccc2ccccc12. The van der Waals surface area contributed by atoms with Gasteiger partial charge >= 0.3 is 11.9 Å². The highest BCUT2D eigenvalue weighted by atomic mass is 16.7. The summed E-state index contributed by atoms with van der Waals surface area (Å²) in [7, 11) is 0. The van der Waals surface area contributed by atoms with Gasteiger partial charge in [0.25, 0.3) is 5.79 Å². The zero-order valence-corrected chi connectivity index (χ0v) is 12.6. The van der Waals surface area contributed by atoms with Gasteiger partial charge in [-0.1, -0.05) is 42.5 Å². The molecule has 116 valence electrons. The van der Waals surface area contributed by atoms with Gasteiger partial charge < -0.3 is 9.47 Å². The van der Waals surface area contributed by atoms with Crippen LogP contribution >= 0.6 is 0 Å². The molecule has 4 rings (SSSR count). The van der Waals surface area contributed by atoms with Crippen molar-refractivity contribution in [3.05, 3.63) is 53.6 Å². The Hall–Kier alpha value is -2.62. The Morgan fingerprint density at radius 3 is 2.26 bits per heavy atom. The molecular formula is C19H16O4. The number of carbonyl (C=O) groups is 2. The summed E-state index contributed by atoms with van der Waals surface area (Å²) in [5, 5.41) is 2.02. The summed E-state index contributed by atoms with van der Waals surface area (Å²) in [6, 6.07) is 13.6. The van der Waals surface area contributed by atoms with Crippen LogP contribution in [0.1, 0.15) is 31.2 Å². The van der Waals surface area contributed by atoms with E-state index in [2.05, 4.69) is 0 Å². The fourth-order valence-corrected chi connectivity index (χ4v) is 3.32. The number of benzene rings is 2. The summed E-state index contributed by atoms with van der Waals surface area (Å²) in [6.45, 7) is 0. The molecule has 2 aromatic carbocycles. The molecule has 1 saturated carbocycles. The molecule has 0 N–H and O–H groups in total. The highest BCUT2D eigenvalue weighted by molar-refractivity contribution is 6.19. The maximum absolute atomic E-state index is 12.3. The van der Waals surface area contributed by atoms with Crippen LogP contribution in [-0.2, 0) is 19.1 Å². The van der Waals surface area contributed by atoms with Crippen LogP contribution in [0.5, 0.6) is 0 Å². The smallest absolute Gasteiger partial charge is 0.348 e. The van der Waals surface area contributed by atoms with Crippen LogP contribution in [-0.4, -0.2) is 17.7 Å². The molecule has 0 radical (unpaired) electrons. The molecule has 2 aromatic rings. The van der Waals surface area contributed by atoms with Crippen molar-refractivity contribution in [2.75, 3.05) is 0 Å². The van der Waals surface area contributed by atoms with Crippen molar-refractivity contribution in [1.82, 2.24) is 0 Å². The third-order valence-corrected chi connectivity index (χ3v) is 4.49. The first-order valence-electron chi connectivity index (χ1n) is 7.83. The molecule has 1 saturated heterocycles. The average molecular weight is 308 g/mol. The first-order chi connectivity index (χ1) is 11.2. The fourth-order valence-electron chi connectivity index (χ4n) is 3.32. The van der Waals surface area contributed by atoms with E-state index in [1.807, 2.05) is 42.5 Å². The molecule has 2 fully saturated rings. The van der Waals surface area contributed by atoms with Crippen LogP contribution in [0.15, 0.2) is 48.0 Å². The first-order valence-corrected chi connectivity index (χ1v) is 7.83. The van der Waals surface area contributed by atoms with Gasteiger partial charge in [0.05, 0.1) is 0 Å². The number of ether oxygens (including phenoxy) is 2. The second-order valence-corrected chi connectivity index (χ2v) is 6.02. The zero-order valence-electron chi connectivity index (χ0n) is 12.6. The zero-order chi connectivity index (χ0) is 15.9. The van der Waals surface area contributed by atoms with E-state index in [-0.39, 0.29) is 5.57 Å². The van der Waals surface area contributed by atoms with E-state index in [0.717, 1.165) is 29.2 Å². The van der Waals surface area contributed by atoms with Crippen molar-refractivity contribution in [1.29, 1.82) is 0 Å². The minimum Gasteiger partial charge on any atom is -0.419 e. The van der Waals surface area contributed by atoms with E-state index in [4.69, 9.17) is 9.47 Å². The van der Waals surface area contributed by atoms with Crippen molar-refractivity contribution >= 4 is 28.8 Å². The molecule has 23 heavy (non-hydrogen) atoms. The molecule has 2 aliphatic rings. The van der Waals surface area contributed by atoms with E-state index >= 15 is 0 Å². The Morgan fingerprint density at radius 1 is 0.870 bits per heavy atom. The third kappa shape index (κ3) is 2.40. The Balaban J connectivity index is 1.73. The second kappa shape index (κ2) is 5.23. The van der Waals surface area contributed by atoms with Crippen molar-refractivity contribution in [3.63, 3.8) is 0 Å². The van der Waals surface area contributed by atoms with Gasteiger partial charge in [-0.05, 0) is 35.3 Å². The van der Waals surface area contributed by atoms with E-state index in [9.17, 15) is 9.59 Å². The summed E-state index contributed by atoms with van der Waals surface area (Å²) >= 11 is 0. The summed E-state index contributed by atoms with van der Waals surface area (Å²) < 4.78 is 10.9. The Bertz CT molecular complexity index is 801. The number of esters is 2. The average Bonchev–Trinajstić information content (AvgIpc) is 2.98. The van der Waals surface area contributed by atoms with Crippen LogP contribution in [0.4, 0.5) is 0 Å². The second-order valence-electron chi connectivity index (χ2n) is 6.02. The van der Waals surface area contributed by atoms with E-state index in [0.29, 0.717) is 12.8 Å². The lowest BCUT2D eigenvalue weighted by atomic mass is 10.0. The Morgan fingerprint density at radius 2 is 1.52 bits per heavy atom. The minimum atomic E-state index is -1.02. The van der Waals surface area contributed by atoms with Crippen molar-refractivity contribution in [3.8, 4) is 0 Å². The predicted octanol–water partition coefficient (Wildman–Crippen LogP) is 3.59. The van der Waals surface area contributed by atoms with Crippen molar-refractivity contribution < 1.29 is 19.1 Å². The van der Waals surface area contributed by atoms with Crippen molar-refractivity contribution in [2.45, 2.75) is 31.5 Å². The number of carbonyl (C=O) groups excluding carboxylic acids is 2. The van der Waals surface area contributed by atoms with Crippen molar-refractivity contribution in [2.24, 2.45) is 0 Å². The maximum atomic E-state index is 12.3. The topological polar surface area (TPSA) is 52.6 Å². The highest BCUT2D eigenvalue weighted by Crippen LogP contribution is 2.38. The van der Waals surface area contributed by atoms with Gasteiger partial charge in [-0.3, -0.25) is 0 Å². The van der Waals surface area contributed by atoms with Crippen LogP contribution in [0.25, 0.3) is 16.8 Å². The molecule has 4 nitrogen and oxygen atoms in total. The lowest BCUT2D eigenvalue weighted by Crippen LogP contribution is -2.44. The Kier molecular flexibility index (Phi) is 3.18. The molecule has 0 bridgehead atoms. The molecule has 0 amide bonds. The van der Waals surface area contributed by atoms with E-state index in [1.54, 1.807) is 6.08 Å². The largest absolute Gasteiger partial charge is 0.419 e.